The van der Waals surface area contributed by atoms with E-state index < -0.39 is 42.1 Å². The number of aliphatic hydroxyl groups is 2. The lowest BCUT2D eigenvalue weighted by Crippen LogP contribution is -2.79. The maximum atomic E-state index is 14.4. The maximum Gasteiger partial charge on any atom is 0.257 e. The van der Waals surface area contributed by atoms with Crippen molar-refractivity contribution < 1.29 is 34.1 Å². The molecule has 5 atom stereocenters. The molecule has 0 radical (unpaired) electrons. The molecule has 5 aromatic carbocycles. The Hall–Kier alpha value is -5.16. The number of rotatable bonds is 14. The van der Waals surface area contributed by atoms with Gasteiger partial charge >= 0.3 is 0 Å². The summed E-state index contributed by atoms with van der Waals surface area (Å²) in [5.74, 6) is -0.496. The molecule has 0 bridgehead atoms. The molecule has 1 amide bonds. The van der Waals surface area contributed by atoms with Gasteiger partial charge in [-0.2, -0.15) is 0 Å². The van der Waals surface area contributed by atoms with Crippen LogP contribution in [0.2, 0.25) is 0 Å². The molecule has 7 rings (SSSR count). The normalized spacial score (nSPS) is 24.0. The minimum absolute atomic E-state index is 0.0811. The molecule has 260 valence electrons. The molecule has 5 aromatic rings. The Morgan fingerprint density at radius 1 is 0.627 bits per heavy atom. The fourth-order valence-electron chi connectivity index (χ4n) is 6.94. The molecule has 9 nitrogen and oxygen atoms in total. The third-order valence-electron chi connectivity index (χ3n) is 9.46. The van der Waals surface area contributed by atoms with Crippen molar-refractivity contribution in [2.45, 2.75) is 56.0 Å². The summed E-state index contributed by atoms with van der Waals surface area (Å²) in [7, 11) is 0. The van der Waals surface area contributed by atoms with Gasteiger partial charge in [0.25, 0.3) is 5.91 Å². The topological polar surface area (TPSA) is 110 Å². The Kier molecular flexibility index (Phi) is 10.3. The maximum absolute atomic E-state index is 14.4. The second kappa shape index (κ2) is 15.4. The molecule has 2 aliphatic heterocycles. The van der Waals surface area contributed by atoms with Gasteiger partial charge in [0.05, 0.1) is 32.6 Å². The van der Waals surface area contributed by atoms with Gasteiger partial charge in [0.15, 0.2) is 5.60 Å². The summed E-state index contributed by atoms with van der Waals surface area (Å²) in [5.41, 5.74) is -0.545. The molecule has 2 N–H and O–H groups in total. The highest BCUT2D eigenvalue weighted by molar-refractivity contribution is 6.02. The number of ether oxygens (including phenoxy) is 3. The Balaban J connectivity index is 1.32. The SMILES string of the molecule is O=C1c2ccccc2C2(O)N1[C@@H](/C=N/OCc1ccccc1)[C@@H](OCc1ccccc1)[C@H](OCc1ccccc1)C2(O)COCc1ccccc1. The van der Waals surface area contributed by atoms with Crippen LogP contribution in [0.4, 0.5) is 0 Å². The molecule has 0 aromatic heterocycles. The zero-order valence-corrected chi connectivity index (χ0v) is 28.0. The summed E-state index contributed by atoms with van der Waals surface area (Å²) < 4.78 is 19.5. The van der Waals surface area contributed by atoms with Gasteiger partial charge in [-0.05, 0) is 28.3 Å². The minimum atomic E-state index is -2.30. The van der Waals surface area contributed by atoms with E-state index in [0.717, 1.165) is 22.3 Å². The van der Waals surface area contributed by atoms with Crippen molar-refractivity contribution in [2.24, 2.45) is 5.16 Å². The van der Waals surface area contributed by atoms with Gasteiger partial charge in [-0.15, -0.1) is 0 Å². The molecule has 0 aliphatic carbocycles. The second-order valence-electron chi connectivity index (χ2n) is 12.8. The van der Waals surface area contributed by atoms with E-state index in [9.17, 15) is 15.0 Å². The standard InChI is InChI=1S/C42H40N2O7/c45-40-35-23-13-14-24-36(35)42(47)41(46,30-48-26-31-15-5-1-6-16-31)39(50-28-33-19-9-3-10-20-33)38(49-27-32-17-7-2-8-18-32)37(44(40)42)25-43-51-29-34-21-11-4-12-22-34/h1-25,37-39,46-47H,26-30H2/b43-25+/t37-,38+,39-,41?,42?/m0/s1. The number of oxime groups is 1. The van der Waals surface area contributed by atoms with Crippen LogP contribution in [0.25, 0.3) is 0 Å². The number of hydrogen-bond acceptors (Lipinski definition) is 8. The molecule has 9 heteroatoms. The Morgan fingerprint density at radius 2 is 1.12 bits per heavy atom. The van der Waals surface area contributed by atoms with Crippen LogP contribution in [-0.2, 0) is 51.2 Å². The molecule has 2 heterocycles. The van der Waals surface area contributed by atoms with Crippen LogP contribution in [0.1, 0.15) is 38.2 Å². The van der Waals surface area contributed by atoms with Gasteiger partial charge in [-0.1, -0.05) is 145 Å². The van der Waals surface area contributed by atoms with E-state index in [0.29, 0.717) is 0 Å². The summed E-state index contributed by atoms with van der Waals surface area (Å²) in [6.07, 6.45) is -0.818. The first-order valence-corrected chi connectivity index (χ1v) is 17.0. The van der Waals surface area contributed by atoms with Gasteiger partial charge in [0.1, 0.15) is 24.9 Å². The third kappa shape index (κ3) is 6.95. The quantitative estimate of drug-likeness (QED) is 0.109. The van der Waals surface area contributed by atoms with Crippen molar-refractivity contribution in [1.29, 1.82) is 0 Å². The first kappa shape index (κ1) is 34.3. The summed E-state index contributed by atoms with van der Waals surface area (Å²) >= 11 is 0. The first-order chi connectivity index (χ1) is 25.0. The van der Waals surface area contributed by atoms with E-state index >= 15 is 0 Å². The second-order valence-corrected chi connectivity index (χ2v) is 12.8. The van der Waals surface area contributed by atoms with Gasteiger partial charge in [0, 0.05) is 11.1 Å². The van der Waals surface area contributed by atoms with Crippen LogP contribution in [-0.4, -0.2) is 57.7 Å². The highest BCUT2D eigenvalue weighted by atomic mass is 16.6. The summed E-state index contributed by atoms with van der Waals surface area (Å²) in [5, 5.41) is 30.5. The van der Waals surface area contributed by atoms with E-state index in [4.69, 9.17) is 19.0 Å². The highest BCUT2D eigenvalue weighted by Crippen LogP contribution is 2.53. The predicted octanol–water partition coefficient (Wildman–Crippen LogP) is 5.99. The minimum Gasteiger partial charge on any atom is -0.391 e. The van der Waals surface area contributed by atoms with Crippen LogP contribution in [0.3, 0.4) is 0 Å². The smallest absolute Gasteiger partial charge is 0.257 e. The fraction of sp³-hybridized carbons (Fsp3) is 0.238. The summed E-state index contributed by atoms with van der Waals surface area (Å²) in [6, 6.07) is 44.0. The lowest BCUT2D eigenvalue weighted by atomic mass is 9.73. The number of piperidine rings is 1. The Bertz CT molecular complexity index is 1910. The number of nitrogens with zero attached hydrogens (tertiary/aromatic N) is 2. The molecule has 2 aliphatic rings. The number of carbonyl (C=O) groups is 1. The monoisotopic (exact) mass is 684 g/mol. The summed E-state index contributed by atoms with van der Waals surface area (Å²) in [6.45, 7) is 0.144. The molecular weight excluding hydrogens is 644 g/mol. The molecule has 0 spiro atoms. The van der Waals surface area contributed by atoms with E-state index in [-0.39, 0.29) is 37.6 Å². The molecule has 51 heavy (non-hydrogen) atoms. The van der Waals surface area contributed by atoms with E-state index in [2.05, 4.69) is 5.16 Å². The van der Waals surface area contributed by atoms with Crippen LogP contribution < -0.4 is 0 Å². The van der Waals surface area contributed by atoms with Gasteiger partial charge in [-0.25, -0.2) is 0 Å². The van der Waals surface area contributed by atoms with Crippen molar-refractivity contribution in [1.82, 2.24) is 4.90 Å². The lowest BCUT2D eigenvalue weighted by Gasteiger charge is -2.58. The average Bonchev–Trinajstić information content (AvgIpc) is 3.41. The van der Waals surface area contributed by atoms with Gasteiger partial charge in [-0.3, -0.25) is 9.69 Å². The van der Waals surface area contributed by atoms with Crippen LogP contribution in [0.15, 0.2) is 151 Å². The Labute approximate surface area is 297 Å². The van der Waals surface area contributed by atoms with Crippen LogP contribution >= 0.6 is 0 Å². The van der Waals surface area contributed by atoms with Crippen molar-refractivity contribution in [3.8, 4) is 0 Å². The predicted molar refractivity (Wildman–Crippen MR) is 191 cm³/mol. The van der Waals surface area contributed by atoms with E-state index in [1.54, 1.807) is 24.3 Å². The highest BCUT2D eigenvalue weighted by Gasteiger charge is 2.72. The number of carbonyl (C=O) groups excluding carboxylic acids is 1. The van der Waals surface area contributed by atoms with Gasteiger partial charge in [0.2, 0.25) is 5.72 Å². The van der Waals surface area contributed by atoms with Crippen LogP contribution in [0.5, 0.6) is 0 Å². The lowest BCUT2D eigenvalue weighted by molar-refractivity contribution is -0.335. The molecular formula is C42H40N2O7. The number of fused-ring (bicyclic) bond motifs is 3. The molecule has 2 unspecified atom stereocenters. The van der Waals surface area contributed by atoms with Crippen molar-refractivity contribution in [3.63, 3.8) is 0 Å². The number of benzene rings is 5. The van der Waals surface area contributed by atoms with Crippen LogP contribution in [0, 0.1) is 0 Å². The van der Waals surface area contributed by atoms with E-state index in [1.165, 1.54) is 11.1 Å². The van der Waals surface area contributed by atoms with Crippen molar-refractivity contribution in [2.75, 3.05) is 6.61 Å². The zero-order valence-electron chi connectivity index (χ0n) is 28.0. The number of hydrogen-bond donors (Lipinski definition) is 2. The summed E-state index contributed by atoms with van der Waals surface area (Å²) in [4.78, 5) is 21.4. The average molecular weight is 685 g/mol. The Morgan fingerprint density at radius 3 is 1.71 bits per heavy atom. The number of amides is 1. The van der Waals surface area contributed by atoms with Crippen molar-refractivity contribution in [3.05, 3.63) is 179 Å². The van der Waals surface area contributed by atoms with Gasteiger partial charge < -0.3 is 29.3 Å². The largest absolute Gasteiger partial charge is 0.391 e. The zero-order chi connectivity index (χ0) is 35.1. The van der Waals surface area contributed by atoms with Crippen molar-refractivity contribution >= 4 is 12.1 Å². The third-order valence-corrected chi connectivity index (χ3v) is 9.46. The fourth-order valence-corrected chi connectivity index (χ4v) is 6.94. The first-order valence-electron chi connectivity index (χ1n) is 17.0. The molecule has 1 saturated heterocycles. The van der Waals surface area contributed by atoms with E-state index in [1.807, 2.05) is 121 Å². The molecule has 0 saturated carbocycles. The molecule has 1 fully saturated rings.